The third-order valence-corrected chi connectivity index (χ3v) is 6.94. The van der Waals surface area contributed by atoms with Crippen molar-refractivity contribution >= 4 is 26.0 Å². The van der Waals surface area contributed by atoms with Crippen LogP contribution in [-0.2, 0) is 10.0 Å². The Morgan fingerprint density at radius 3 is 2.29 bits per heavy atom. The van der Waals surface area contributed by atoms with Gasteiger partial charge in [0.05, 0.1) is 5.25 Å². The van der Waals surface area contributed by atoms with Crippen LogP contribution in [0, 0.1) is 5.41 Å². The number of hydrogen-bond donors (Lipinski definition) is 0. The van der Waals surface area contributed by atoms with Crippen LogP contribution in [0.3, 0.4) is 0 Å². The molecule has 0 bridgehead atoms. The van der Waals surface area contributed by atoms with Gasteiger partial charge < -0.3 is 0 Å². The minimum atomic E-state index is -2.97. The topological polar surface area (TPSA) is 37.4 Å². The first kappa shape index (κ1) is 10.9. The molecule has 1 unspecified atom stereocenters. The lowest BCUT2D eigenvalue weighted by Gasteiger charge is -2.20. The van der Waals surface area contributed by atoms with E-state index in [1.165, 1.54) is 0 Å². The van der Waals surface area contributed by atoms with E-state index in [1.807, 2.05) is 0 Å². The fraction of sp³-hybridized carbons (Fsp3) is 1.00. The van der Waals surface area contributed by atoms with Gasteiger partial charge in [0.1, 0.15) is 0 Å². The van der Waals surface area contributed by atoms with E-state index >= 15 is 0 Å². The lowest BCUT2D eigenvalue weighted by atomic mass is 9.93. The monoisotopic (exact) mass is 281 g/mol. The van der Waals surface area contributed by atoms with Crippen LogP contribution >= 0.6 is 15.9 Å². The highest BCUT2D eigenvalue weighted by atomic mass is 79.9. The molecule has 1 heterocycles. The highest BCUT2D eigenvalue weighted by Crippen LogP contribution is 2.40. The molecule has 0 amide bonds. The maximum absolute atomic E-state index is 11.9. The summed E-state index contributed by atoms with van der Waals surface area (Å²) in [6.45, 7) is 5.50. The van der Waals surface area contributed by atoms with Crippen molar-refractivity contribution in [2.24, 2.45) is 5.41 Å². The van der Waals surface area contributed by atoms with E-state index in [1.54, 1.807) is 4.31 Å². The normalized spacial score (nSPS) is 33.5. The van der Waals surface area contributed by atoms with Crippen molar-refractivity contribution < 1.29 is 8.42 Å². The summed E-state index contributed by atoms with van der Waals surface area (Å²) in [6.07, 6.45) is 1.71. The molecule has 2 fully saturated rings. The molecule has 0 N–H and O–H groups in total. The van der Waals surface area contributed by atoms with Crippen molar-refractivity contribution in [1.82, 2.24) is 4.31 Å². The maximum atomic E-state index is 11.9. The molecule has 14 heavy (non-hydrogen) atoms. The molecule has 0 aromatic heterocycles. The molecular weight excluding hydrogens is 266 g/mol. The summed E-state index contributed by atoms with van der Waals surface area (Å²) in [5.41, 5.74) is 0.0575. The quantitative estimate of drug-likeness (QED) is 0.721. The van der Waals surface area contributed by atoms with Crippen molar-refractivity contribution in [1.29, 1.82) is 0 Å². The van der Waals surface area contributed by atoms with Crippen molar-refractivity contribution in [2.45, 2.75) is 36.8 Å². The lowest BCUT2D eigenvalue weighted by Crippen LogP contribution is -2.32. The third-order valence-electron chi connectivity index (χ3n) is 3.10. The summed E-state index contributed by atoms with van der Waals surface area (Å²) < 4.78 is 25.5. The fourth-order valence-corrected chi connectivity index (χ4v) is 4.52. The predicted molar refractivity (Wildman–Crippen MR) is 60.0 cm³/mol. The van der Waals surface area contributed by atoms with Crippen LogP contribution in [-0.4, -0.2) is 35.9 Å². The van der Waals surface area contributed by atoms with Gasteiger partial charge in [0, 0.05) is 17.9 Å². The number of sulfonamides is 1. The molecule has 1 atom stereocenters. The van der Waals surface area contributed by atoms with Gasteiger partial charge in [0.15, 0.2) is 0 Å². The second-order valence-corrected chi connectivity index (χ2v) is 8.31. The van der Waals surface area contributed by atoms with Gasteiger partial charge in [-0.25, -0.2) is 8.42 Å². The predicted octanol–water partition coefficient (Wildman–Crippen LogP) is 1.58. The van der Waals surface area contributed by atoms with Crippen molar-refractivity contribution in [3.8, 4) is 0 Å². The zero-order chi connectivity index (χ0) is 10.6. The fourth-order valence-electron chi connectivity index (χ4n) is 1.81. The zero-order valence-corrected chi connectivity index (χ0v) is 10.9. The Kier molecular flexibility index (Phi) is 2.48. The van der Waals surface area contributed by atoms with E-state index < -0.39 is 10.0 Å². The van der Waals surface area contributed by atoms with E-state index in [0.29, 0.717) is 13.1 Å². The Bertz CT molecular complexity index is 335. The summed E-state index contributed by atoms with van der Waals surface area (Å²) in [6, 6.07) is 0. The molecular formula is C9H16BrNO2S. The standard InChI is InChI=1S/C9H16BrNO2S/c1-9(2)6-11(5-8(9)10)14(12,13)7-3-4-7/h7-8H,3-6H2,1-2H3. The average Bonchev–Trinajstić information content (AvgIpc) is 2.81. The molecule has 82 valence electrons. The Hall–Kier alpha value is 0.390. The SMILES string of the molecule is CC1(C)CN(S(=O)(=O)C2CC2)CC1Br. The minimum absolute atomic E-state index is 0.0575. The van der Waals surface area contributed by atoms with Gasteiger partial charge in [0.25, 0.3) is 0 Å². The van der Waals surface area contributed by atoms with Gasteiger partial charge >= 0.3 is 0 Å². The van der Waals surface area contributed by atoms with Gasteiger partial charge in [-0.3, -0.25) is 0 Å². The van der Waals surface area contributed by atoms with Crippen LogP contribution < -0.4 is 0 Å². The molecule has 1 aliphatic heterocycles. The molecule has 1 saturated heterocycles. The second-order valence-electron chi connectivity index (χ2n) is 4.99. The van der Waals surface area contributed by atoms with E-state index in [9.17, 15) is 8.42 Å². The van der Waals surface area contributed by atoms with Crippen LogP contribution in [0.15, 0.2) is 0 Å². The van der Waals surface area contributed by atoms with Gasteiger partial charge in [0.2, 0.25) is 10.0 Å². The maximum Gasteiger partial charge on any atom is 0.217 e. The van der Waals surface area contributed by atoms with Gasteiger partial charge in [-0.15, -0.1) is 0 Å². The summed E-state index contributed by atoms with van der Waals surface area (Å²) in [5.74, 6) is 0. The molecule has 1 saturated carbocycles. The van der Waals surface area contributed by atoms with Crippen LogP contribution in [0.1, 0.15) is 26.7 Å². The van der Waals surface area contributed by atoms with E-state index in [0.717, 1.165) is 12.8 Å². The molecule has 3 nitrogen and oxygen atoms in total. The zero-order valence-electron chi connectivity index (χ0n) is 8.53. The van der Waals surface area contributed by atoms with Gasteiger partial charge in [-0.05, 0) is 18.3 Å². The number of nitrogens with zero attached hydrogens (tertiary/aromatic N) is 1. The van der Waals surface area contributed by atoms with E-state index in [-0.39, 0.29) is 15.5 Å². The van der Waals surface area contributed by atoms with Crippen molar-refractivity contribution in [2.75, 3.05) is 13.1 Å². The number of rotatable bonds is 2. The largest absolute Gasteiger partial charge is 0.217 e. The molecule has 2 rings (SSSR count). The van der Waals surface area contributed by atoms with Crippen molar-refractivity contribution in [3.05, 3.63) is 0 Å². The van der Waals surface area contributed by atoms with Gasteiger partial charge in [-0.1, -0.05) is 29.8 Å². The molecule has 1 aliphatic carbocycles. The van der Waals surface area contributed by atoms with Crippen molar-refractivity contribution in [3.63, 3.8) is 0 Å². The number of halogens is 1. The highest BCUT2D eigenvalue weighted by molar-refractivity contribution is 9.09. The lowest BCUT2D eigenvalue weighted by molar-refractivity contribution is 0.381. The highest BCUT2D eigenvalue weighted by Gasteiger charge is 2.47. The molecule has 5 heteroatoms. The Balaban J connectivity index is 2.15. The summed E-state index contributed by atoms with van der Waals surface area (Å²) >= 11 is 3.56. The summed E-state index contributed by atoms with van der Waals surface area (Å²) in [5, 5.41) is -0.0731. The van der Waals surface area contributed by atoms with Crippen LogP contribution in [0.25, 0.3) is 0 Å². The molecule has 0 spiro atoms. The Morgan fingerprint density at radius 1 is 1.36 bits per heavy atom. The first-order valence-electron chi connectivity index (χ1n) is 4.97. The first-order chi connectivity index (χ1) is 6.34. The Labute approximate surface area is 94.0 Å². The number of alkyl halides is 1. The molecule has 0 aromatic rings. The summed E-state index contributed by atoms with van der Waals surface area (Å²) in [4.78, 5) is 0.281. The van der Waals surface area contributed by atoms with E-state index in [4.69, 9.17) is 0 Å². The minimum Gasteiger partial charge on any atom is -0.212 e. The first-order valence-corrected chi connectivity index (χ1v) is 7.39. The molecule has 2 aliphatic rings. The van der Waals surface area contributed by atoms with Crippen LogP contribution in [0.2, 0.25) is 0 Å². The molecule has 0 radical (unpaired) electrons. The third kappa shape index (κ3) is 1.74. The second kappa shape index (κ2) is 3.19. The van der Waals surface area contributed by atoms with Crippen LogP contribution in [0.4, 0.5) is 0 Å². The average molecular weight is 282 g/mol. The van der Waals surface area contributed by atoms with E-state index in [2.05, 4.69) is 29.8 Å². The van der Waals surface area contributed by atoms with Crippen LogP contribution in [0.5, 0.6) is 0 Å². The molecule has 0 aromatic carbocycles. The van der Waals surface area contributed by atoms with Gasteiger partial charge in [-0.2, -0.15) is 4.31 Å². The number of hydrogen-bond acceptors (Lipinski definition) is 2. The summed E-state index contributed by atoms with van der Waals surface area (Å²) in [7, 11) is -2.97. The smallest absolute Gasteiger partial charge is 0.212 e. The Morgan fingerprint density at radius 2 is 1.93 bits per heavy atom.